The highest BCUT2D eigenvalue weighted by Gasteiger charge is 2.08. The standard InChI is InChI=1S/C7H4BrIN4O/c8-4-2-1-3-5(6(4)9)13-7(14)10-11-12-13/h1-3H,(H,10,12,14). The molecule has 0 radical (unpaired) electrons. The summed E-state index contributed by atoms with van der Waals surface area (Å²) in [7, 11) is 0. The van der Waals surface area contributed by atoms with Crippen LogP contribution in [0.25, 0.3) is 5.69 Å². The van der Waals surface area contributed by atoms with Crippen molar-refractivity contribution in [2.75, 3.05) is 0 Å². The van der Waals surface area contributed by atoms with Crippen molar-refractivity contribution in [1.29, 1.82) is 0 Å². The van der Waals surface area contributed by atoms with Crippen molar-refractivity contribution in [1.82, 2.24) is 20.2 Å². The highest BCUT2D eigenvalue weighted by Crippen LogP contribution is 2.23. The van der Waals surface area contributed by atoms with Gasteiger partial charge in [0.2, 0.25) is 0 Å². The summed E-state index contributed by atoms with van der Waals surface area (Å²) in [6.07, 6.45) is 0. The lowest BCUT2D eigenvalue weighted by Gasteiger charge is -2.02. The average molecular weight is 367 g/mol. The Labute approximate surface area is 101 Å². The first-order valence-corrected chi connectivity index (χ1v) is 5.52. The third kappa shape index (κ3) is 1.61. The Kier molecular flexibility index (Phi) is 2.68. The topological polar surface area (TPSA) is 63.6 Å². The first-order valence-electron chi connectivity index (χ1n) is 3.65. The third-order valence-electron chi connectivity index (χ3n) is 1.63. The van der Waals surface area contributed by atoms with Gasteiger partial charge in [0.05, 0.1) is 9.26 Å². The first-order chi connectivity index (χ1) is 6.70. The molecular weight excluding hydrogens is 363 g/mol. The van der Waals surface area contributed by atoms with Crippen molar-refractivity contribution in [2.24, 2.45) is 0 Å². The second-order valence-corrected chi connectivity index (χ2v) is 4.42. The molecule has 0 aliphatic heterocycles. The lowest BCUT2D eigenvalue weighted by atomic mass is 10.3. The highest BCUT2D eigenvalue weighted by molar-refractivity contribution is 14.1. The summed E-state index contributed by atoms with van der Waals surface area (Å²) in [5.41, 5.74) is 0.361. The van der Waals surface area contributed by atoms with Crippen molar-refractivity contribution in [3.63, 3.8) is 0 Å². The van der Waals surface area contributed by atoms with E-state index in [-0.39, 0.29) is 5.69 Å². The number of H-pyrrole nitrogens is 1. The first kappa shape index (κ1) is 9.84. The fraction of sp³-hybridized carbons (Fsp3) is 0. The molecule has 0 aliphatic carbocycles. The predicted molar refractivity (Wildman–Crippen MR) is 62.4 cm³/mol. The van der Waals surface area contributed by atoms with Crippen LogP contribution in [0.1, 0.15) is 0 Å². The molecule has 0 spiro atoms. The van der Waals surface area contributed by atoms with Crippen molar-refractivity contribution < 1.29 is 0 Å². The third-order valence-corrected chi connectivity index (χ3v) is 4.17. The second kappa shape index (κ2) is 3.81. The molecule has 0 unspecified atom stereocenters. The monoisotopic (exact) mass is 366 g/mol. The molecule has 0 bridgehead atoms. The Morgan fingerprint density at radius 2 is 2.29 bits per heavy atom. The van der Waals surface area contributed by atoms with Gasteiger partial charge < -0.3 is 0 Å². The molecule has 5 nitrogen and oxygen atoms in total. The molecule has 0 amide bonds. The largest absolute Gasteiger partial charge is 0.365 e. The van der Waals surface area contributed by atoms with Gasteiger partial charge in [-0.15, -0.1) is 0 Å². The van der Waals surface area contributed by atoms with Gasteiger partial charge in [-0.3, -0.25) is 0 Å². The maximum absolute atomic E-state index is 11.2. The molecule has 1 aromatic carbocycles. The molecule has 1 N–H and O–H groups in total. The number of aromatic amines is 1. The zero-order chi connectivity index (χ0) is 10.1. The van der Waals surface area contributed by atoms with Crippen LogP contribution in [0, 0.1) is 3.57 Å². The van der Waals surface area contributed by atoms with E-state index in [9.17, 15) is 4.79 Å². The van der Waals surface area contributed by atoms with Gasteiger partial charge in [0.1, 0.15) is 0 Å². The molecule has 0 atom stereocenters. The number of benzene rings is 1. The second-order valence-electron chi connectivity index (χ2n) is 2.49. The number of tetrazole rings is 1. The zero-order valence-corrected chi connectivity index (χ0v) is 10.5. The number of rotatable bonds is 1. The molecule has 1 aromatic heterocycles. The summed E-state index contributed by atoms with van der Waals surface area (Å²) in [6, 6.07) is 5.54. The van der Waals surface area contributed by atoms with E-state index in [1.807, 2.05) is 12.1 Å². The molecule has 72 valence electrons. The zero-order valence-electron chi connectivity index (χ0n) is 6.74. The average Bonchev–Trinajstić information content (AvgIpc) is 2.57. The summed E-state index contributed by atoms with van der Waals surface area (Å²) in [5, 5.41) is 9.33. The number of halogens is 2. The highest BCUT2D eigenvalue weighted by atomic mass is 127. The Bertz CT molecular complexity index is 520. The van der Waals surface area contributed by atoms with Crippen LogP contribution in [0.15, 0.2) is 27.5 Å². The van der Waals surface area contributed by atoms with E-state index >= 15 is 0 Å². The van der Waals surface area contributed by atoms with Crippen LogP contribution in [0.2, 0.25) is 0 Å². The minimum absolute atomic E-state index is 0.346. The van der Waals surface area contributed by atoms with Gasteiger partial charge in [-0.25, -0.2) is 9.89 Å². The molecule has 0 saturated heterocycles. The van der Waals surface area contributed by atoms with E-state index in [4.69, 9.17) is 0 Å². The number of aromatic nitrogens is 4. The molecular formula is C7H4BrIN4O. The maximum atomic E-state index is 11.2. The Morgan fingerprint density at radius 3 is 2.93 bits per heavy atom. The fourth-order valence-electron chi connectivity index (χ4n) is 1.01. The van der Waals surface area contributed by atoms with E-state index in [1.54, 1.807) is 6.07 Å². The van der Waals surface area contributed by atoms with E-state index in [0.717, 1.165) is 8.04 Å². The predicted octanol–water partition coefficient (Wildman–Crippen LogP) is 1.32. The summed E-state index contributed by atoms with van der Waals surface area (Å²) >= 11 is 5.51. The van der Waals surface area contributed by atoms with Gasteiger partial charge in [0.15, 0.2) is 0 Å². The summed E-state index contributed by atoms with van der Waals surface area (Å²) < 4.78 is 3.05. The Hall–Kier alpha value is -0.700. The minimum atomic E-state index is -0.346. The quantitative estimate of drug-likeness (QED) is 0.774. The van der Waals surface area contributed by atoms with E-state index in [2.05, 4.69) is 54.0 Å². The smallest absolute Gasteiger partial charge is 0.244 e. The van der Waals surface area contributed by atoms with Gasteiger partial charge in [0, 0.05) is 4.47 Å². The summed E-state index contributed by atoms with van der Waals surface area (Å²) in [6.45, 7) is 0. The normalized spacial score (nSPS) is 10.4. The van der Waals surface area contributed by atoms with Gasteiger partial charge in [-0.1, -0.05) is 6.07 Å². The van der Waals surface area contributed by atoms with Crippen LogP contribution in [0.3, 0.4) is 0 Å². The lowest BCUT2D eigenvalue weighted by molar-refractivity contribution is 0.776. The van der Waals surface area contributed by atoms with Crippen LogP contribution < -0.4 is 5.69 Å². The van der Waals surface area contributed by atoms with Crippen LogP contribution in [-0.4, -0.2) is 20.2 Å². The van der Waals surface area contributed by atoms with Crippen LogP contribution in [0.4, 0.5) is 0 Å². The van der Waals surface area contributed by atoms with Crippen molar-refractivity contribution in [2.45, 2.75) is 0 Å². The summed E-state index contributed by atoms with van der Waals surface area (Å²) in [4.78, 5) is 11.2. The van der Waals surface area contributed by atoms with Gasteiger partial charge in [-0.2, -0.15) is 4.68 Å². The molecule has 1 heterocycles. The van der Waals surface area contributed by atoms with Crippen LogP contribution >= 0.6 is 38.5 Å². The van der Waals surface area contributed by atoms with Crippen LogP contribution in [-0.2, 0) is 0 Å². The number of hydrogen-bond acceptors (Lipinski definition) is 3. The molecule has 2 aromatic rings. The van der Waals surface area contributed by atoms with Crippen molar-refractivity contribution in [3.05, 3.63) is 36.7 Å². The van der Waals surface area contributed by atoms with E-state index < -0.39 is 0 Å². The van der Waals surface area contributed by atoms with Gasteiger partial charge in [-0.05, 0) is 61.1 Å². The van der Waals surface area contributed by atoms with Gasteiger partial charge in [0.25, 0.3) is 0 Å². The molecule has 14 heavy (non-hydrogen) atoms. The van der Waals surface area contributed by atoms with Crippen molar-refractivity contribution >= 4 is 38.5 Å². The Morgan fingerprint density at radius 1 is 1.50 bits per heavy atom. The number of nitrogens with zero attached hydrogens (tertiary/aromatic N) is 3. The molecule has 0 fully saturated rings. The van der Waals surface area contributed by atoms with E-state index in [1.165, 1.54) is 4.68 Å². The molecule has 2 rings (SSSR count). The lowest BCUT2D eigenvalue weighted by Crippen LogP contribution is -2.17. The minimum Gasteiger partial charge on any atom is -0.244 e. The maximum Gasteiger partial charge on any atom is 0.365 e. The fourth-order valence-corrected chi connectivity index (χ4v) is 1.96. The molecule has 0 saturated carbocycles. The SMILES string of the molecule is O=c1[nH]nnn1-c1cccc(Br)c1I. The van der Waals surface area contributed by atoms with Gasteiger partial charge >= 0.3 is 5.69 Å². The van der Waals surface area contributed by atoms with Crippen molar-refractivity contribution in [3.8, 4) is 5.69 Å². The Balaban J connectivity index is 2.69. The van der Waals surface area contributed by atoms with Crippen LogP contribution in [0.5, 0.6) is 0 Å². The number of nitrogens with one attached hydrogen (secondary N) is 1. The number of hydrogen-bond donors (Lipinski definition) is 1. The summed E-state index contributed by atoms with van der Waals surface area (Å²) in [5.74, 6) is 0. The molecule has 0 aliphatic rings. The molecule has 7 heteroatoms. The van der Waals surface area contributed by atoms with E-state index in [0.29, 0.717) is 5.69 Å².